The summed E-state index contributed by atoms with van der Waals surface area (Å²) in [6, 6.07) is 28.2. The second-order valence-electron chi connectivity index (χ2n) is 10.2. The van der Waals surface area contributed by atoms with Crippen molar-refractivity contribution >= 4 is 23.3 Å². The van der Waals surface area contributed by atoms with E-state index in [1.807, 2.05) is 18.2 Å². The zero-order valence-electron chi connectivity index (χ0n) is 23.2. The van der Waals surface area contributed by atoms with Crippen LogP contribution in [-0.2, 0) is 35.5 Å². The van der Waals surface area contributed by atoms with Crippen molar-refractivity contribution in [2.75, 3.05) is 13.1 Å². The monoisotopic (exact) mass is 571 g/mol. The standard InChI is InChI=1S/C34H37NO5S/c36-33(37)8-4-5-20-35(22-28-15-17-30(18-16-28)34(38)39)23-32(31-19-21-41-25-31)40-24-29-13-11-27(12-14-29)10-9-26-6-2-1-3-7-26/h1-3,6-7,11-19,21,25,32H,4-5,8-10,20,22-24H2,(H,36,37)(H,38,39). The number of ether oxygens (including phenoxy) is 1. The molecule has 1 aromatic heterocycles. The molecule has 0 aliphatic carbocycles. The number of aryl methyl sites for hydroxylation is 2. The van der Waals surface area contributed by atoms with Crippen molar-refractivity contribution in [3.05, 3.63) is 129 Å². The number of hydrogen-bond donors (Lipinski definition) is 2. The van der Waals surface area contributed by atoms with E-state index in [0.717, 1.165) is 36.0 Å². The van der Waals surface area contributed by atoms with E-state index in [1.165, 1.54) is 11.1 Å². The first-order valence-electron chi connectivity index (χ1n) is 14.0. The van der Waals surface area contributed by atoms with Crippen molar-refractivity contribution in [2.24, 2.45) is 0 Å². The zero-order valence-corrected chi connectivity index (χ0v) is 24.0. The van der Waals surface area contributed by atoms with Crippen LogP contribution in [-0.4, -0.2) is 40.1 Å². The van der Waals surface area contributed by atoms with Gasteiger partial charge in [-0.2, -0.15) is 11.3 Å². The zero-order chi connectivity index (χ0) is 28.9. The number of unbranched alkanes of at least 4 members (excludes halogenated alkanes) is 1. The molecule has 4 rings (SSSR count). The third-order valence-electron chi connectivity index (χ3n) is 7.08. The topological polar surface area (TPSA) is 87.1 Å². The van der Waals surface area contributed by atoms with Gasteiger partial charge in [0.25, 0.3) is 0 Å². The number of hydrogen-bond acceptors (Lipinski definition) is 5. The molecule has 7 heteroatoms. The van der Waals surface area contributed by atoms with Crippen LogP contribution in [0.25, 0.3) is 0 Å². The molecule has 1 heterocycles. The number of rotatable bonds is 17. The van der Waals surface area contributed by atoms with Gasteiger partial charge in [0.05, 0.1) is 18.3 Å². The van der Waals surface area contributed by atoms with Crippen LogP contribution in [0.1, 0.15) is 63.5 Å². The Hall–Kier alpha value is -3.78. The van der Waals surface area contributed by atoms with Crippen molar-refractivity contribution in [3.8, 4) is 0 Å². The Kier molecular flexibility index (Phi) is 11.7. The summed E-state index contributed by atoms with van der Waals surface area (Å²) in [4.78, 5) is 24.6. The number of thiophene rings is 1. The van der Waals surface area contributed by atoms with E-state index < -0.39 is 11.9 Å². The molecule has 0 spiro atoms. The van der Waals surface area contributed by atoms with Gasteiger partial charge in [-0.25, -0.2) is 4.79 Å². The first-order valence-corrected chi connectivity index (χ1v) is 14.9. The average Bonchev–Trinajstić information content (AvgIpc) is 3.52. The Morgan fingerprint density at radius 1 is 0.780 bits per heavy atom. The number of aromatic carboxylic acids is 1. The van der Waals surface area contributed by atoms with Gasteiger partial charge in [0.2, 0.25) is 0 Å². The van der Waals surface area contributed by atoms with Gasteiger partial charge in [-0.1, -0.05) is 66.7 Å². The minimum Gasteiger partial charge on any atom is -0.481 e. The smallest absolute Gasteiger partial charge is 0.335 e. The Morgan fingerprint density at radius 3 is 2.07 bits per heavy atom. The molecule has 1 atom stereocenters. The summed E-state index contributed by atoms with van der Waals surface area (Å²) in [7, 11) is 0. The van der Waals surface area contributed by atoms with Crippen LogP contribution in [0.3, 0.4) is 0 Å². The molecule has 0 saturated carbocycles. The minimum atomic E-state index is -0.947. The van der Waals surface area contributed by atoms with E-state index in [4.69, 9.17) is 9.84 Å². The molecule has 0 fully saturated rings. The fourth-order valence-corrected chi connectivity index (χ4v) is 5.44. The number of benzene rings is 3. The fraction of sp³-hybridized carbons (Fsp3) is 0.294. The molecular formula is C34H37NO5S. The Bertz CT molecular complexity index is 1340. The predicted octanol–water partition coefficient (Wildman–Crippen LogP) is 7.25. The Balaban J connectivity index is 1.39. The molecule has 0 saturated heterocycles. The summed E-state index contributed by atoms with van der Waals surface area (Å²) >= 11 is 1.64. The number of aliphatic carboxylic acids is 1. The highest BCUT2D eigenvalue weighted by atomic mass is 32.1. The maximum Gasteiger partial charge on any atom is 0.335 e. The maximum atomic E-state index is 11.3. The highest BCUT2D eigenvalue weighted by molar-refractivity contribution is 7.07. The van der Waals surface area contributed by atoms with Crippen LogP contribution in [0.15, 0.2) is 95.7 Å². The predicted molar refractivity (Wildman–Crippen MR) is 162 cm³/mol. The third-order valence-corrected chi connectivity index (χ3v) is 7.78. The second kappa shape index (κ2) is 15.9. The molecule has 4 aromatic rings. The van der Waals surface area contributed by atoms with E-state index in [2.05, 4.69) is 70.3 Å². The van der Waals surface area contributed by atoms with Crippen LogP contribution >= 0.6 is 11.3 Å². The lowest BCUT2D eigenvalue weighted by molar-refractivity contribution is -0.137. The van der Waals surface area contributed by atoms with Crippen molar-refractivity contribution < 1.29 is 24.5 Å². The van der Waals surface area contributed by atoms with Gasteiger partial charge in [0.15, 0.2) is 0 Å². The number of carboxylic acids is 2. The van der Waals surface area contributed by atoms with Gasteiger partial charge in [-0.15, -0.1) is 0 Å². The summed E-state index contributed by atoms with van der Waals surface area (Å²) < 4.78 is 6.50. The van der Waals surface area contributed by atoms with Crippen LogP contribution in [0.2, 0.25) is 0 Å². The van der Waals surface area contributed by atoms with Gasteiger partial charge < -0.3 is 14.9 Å². The summed E-state index contributed by atoms with van der Waals surface area (Å²) in [5.41, 5.74) is 6.13. The Labute approximate surface area is 245 Å². The van der Waals surface area contributed by atoms with Gasteiger partial charge in [-0.3, -0.25) is 9.69 Å². The van der Waals surface area contributed by atoms with Crippen molar-refractivity contribution in [2.45, 2.75) is 51.4 Å². The van der Waals surface area contributed by atoms with Crippen LogP contribution in [0.4, 0.5) is 0 Å². The molecule has 0 radical (unpaired) electrons. The van der Waals surface area contributed by atoms with Gasteiger partial charge >= 0.3 is 11.9 Å². The summed E-state index contributed by atoms with van der Waals surface area (Å²) in [6.07, 6.45) is 3.35. The molecule has 2 N–H and O–H groups in total. The summed E-state index contributed by atoms with van der Waals surface area (Å²) in [6.45, 7) is 2.46. The second-order valence-corrected chi connectivity index (χ2v) is 11.0. The van der Waals surface area contributed by atoms with E-state index in [0.29, 0.717) is 32.7 Å². The van der Waals surface area contributed by atoms with Crippen LogP contribution in [0, 0.1) is 0 Å². The first-order chi connectivity index (χ1) is 20.0. The highest BCUT2D eigenvalue weighted by Gasteiger charge is 2.19. The van der Waals surface area contributed by atoms with Gasteiger partial charge in [0, 0.05) is 19.5 Å². The average molecular weight is 572 g/mol. The number of carboxylic acid groups (broad SMARTS) is 2. The molecule has 6 nitrogen and oxygen atoms in total. The van der Waals surface area contributed by atoms with Crippen molar-refractivity contribution in [1.82, 2.24) is 4.90 Å². The van der Waals surface area contributed by atoms with Gasteiger partial charge in [0.1, 0.15) is 0 Å². The number of nitrogens with zero attached hydrogens (tertiary/aromatic N) is 1. The lowest BCUT2D eigenvalue weighted by Crippen LogP contribution is -2.30. The van der Waals surface area contributed by atoms with Crippen molar-refractivity contribution in [1.29, 1.82) is 0 Å². The molecule has 0 aliphatic heterocycles. The summed E-state index contributed by atoms with van der Waals surface area (Å²) in [5, 5.41) is 22.5. The van der Waals surface area contributed by atoms with Crippen LogP contribution in [0.5, 0.6) is 0 Å². The summed E-state index contributed by atoms with van der Waals surface area (Å²) in [5.74, 6) is -1.73. The number of carbonyl (C=O) groups is 2. The molecule has 1 unspecified atom stereocenters. The maximum absolute atomic E-state index is 11.3. The molecular weight excluding hydrogens is 534 g/mol. The SMILES string of the molecule is O=C(O)CCCCN(Cc1ccc(C(=O)O)cc1)CC(OCc1ccc(CCc2ccccc2)cc1)c1ccsc1. The molecule has 0 amide bonds. The normalized spacial score (nSPS) is 11.9. The quantitative estimate of drug-likeness (QED) is 0.130. The van der Waals surface area contributed by atoms with Crippen molar-refractivity contribution in [3.63, 3.8) is 0 Å². The van der Waals surface area contributed by atoms with Crippen LogP contribution < -0.4 is 0 Å². The molecule has 41 heavy (non-hydrogen) atoms. The van der Waals surface area contributed by atoms with E-state index in [1.54, 1.807) is 23.5 Å². The molecule has 0 bridgehead atoms. The first kappa shape index (κ1) is 30.2. The van der Waals surface area contributed by atoms with Gasteiger partial charge in [-0.05, 0) is 89.0 Å². The van der Waals surface area contributed by atoms with E-state index in [9.17, 15) is 14.7 Å². The fourth-order valence-electron chi connectivity index (χ4n) is 4.74. The van der Waals surface area contributed by atoms with E-state index >= 15 is 0 Å². The Morgan fingerprint density at radius 2 is 1.44 bits per heavy atom. The largest absolute Gasteiger partial charge is 0.481 e. The minimum absolute atomic E-state index is 0.146. The lowest BCUT2D eigenvalue weighted by atomic mass is 10.0. The molecule has 214 valence electrons. The lowest BCUT2D eigenvalue weighted by Gasteiger charge is -2.28. The molecule has 3 aromatic carbocycles. The third kappa shape index (κ3) is 10.3. The van der Waals surface area contributed by atoms with E-state index in [-0.39, 0.29) is 18.1 Å². The highest BCUT2D eigenvalue weighted by Crippen LogP contribution is 2.25. The molecule has 0 aliphatic rings.